The van der Waals surface area contributed by atoms with Crippen LogP contribution < -0.4 is 0 Å². The predicted molar refractivity (Wildman–Crippen MR) is 95.3 cm³/mol. The number of allylic oxidation sites excluding steroid dienone is 3. The fourth-order valence-electron chi connectivity index (χ4n) is 2.15. The van der Waals surface area contributed by atoms with Gasteiger partial charge in [0.1, 0.15) is 5.60 Å². The molecule has 124 valence electrons. The van der Waals surface area contributed by atoms with E-state index in [1.165, 1.54) is 0 Å². The van der Waals surface area contributed by atoms with Gasteiger partial charge in [0, 0.05) is 23.5 Å². The maximum absolute atomic E-state index is 12.4. The van der Waals surface area contributed by atoms with Crippen LogP contribution in [0.4, 0.5) is 4.79 Å². The Bertz CT molecular complexity index is 500. The van der Waals surface area contributed by atoms with Gasteiger partial charge in [-0.25, -0.2) is 4.79 Å². The summed E-state index contributed by atoms with van der Waals surface area (Å²) in [5.41, 5.74) is 0.265. The Labute approximate surface area is 146 Å². The Morgan fingerprint density at radius 1 is 1.27 bits per heavy atom. The lowest BCUT2D eigenvalue weighted by Crippen LogP contribution is -2.43. The van der Waals surface area contributed by atoms with Gasteiger partial charge in [-0.2, -0.15) is 0 Å². The number of ether oxygens (including phenoxy) is 1. The Kier molecular flexibility index (Phi) is 6.74. The van der Waals surface area contributed by atoms with Crippen molar-refractivity contribution in [2.45, 2.75) is 46.1 Å². The first kappa shape index (κ1) is 19.3. The molecule has 1 aliphatic rings. The molecule has 1 aliphatic heterocycles. The normalized spacial score (nSPS) is 17.8. The van der Waals surface area contributed by atoms with Crippen molar-refractivity contribution in [1.29, 1.82) is 0 Å². The lowest BCUT2D eigenvalue weighted by molar-refractivity contribution is -0.119. The summed E-state index contributed by atoms with van der Waals surface area (Å²) in [5, 5.41) is 0. The highest BCUT2D eigenvalue weighted by Crippen LogP contribution is 2.29. The zero-order chi connectivity index (χ0) is 17.1. The molecule has 0 saturated carbocycles. The minimum Gasteiger partial charge on any atom is -0.444 e. The SMILES string of the molecule is C=C(C)/C(Br)=C(\S)C(=O)C1CCN(C(=O)OC(C)(C)C)CC1. The lowest BCUT2D eigenvalue weighted by atomic mass is 9.92. The quantitative estimate of drug-likeness (QED) is 0.444. The average Bonchev–Trinajstić information content (AvgIpc) is 2.43. The van der Waals surface area contributed by atoms with Crippen LogP contribution in [0, 0.1) is 5.92 Å². The van der Waals surface area contributed by atoms with Gasteiger partial charge < -0.3 is 9.64 Å². The number of carbonyl (C=O) groups excluding carboxylic acids is 2. The summed E-state index contributed by atoms with van der Waals surface area (Å²) >= 11 is 7.65. The standard InChI is InChI=1S/C16H24BrNO3S/c1-10(2)12(17)14(22)13(19)11-6-8-18(9-7-11)15(20)21-16(3,4)5/h11,22H,1,6-9H2,2-5H3/b14-12+. The molecule has 1 fully saturated rings. The third-order valence-corrected chi connectivity index (χ3v) is 5.16. The molecule has 1 heterocycles. The molecule has 0 aromatic carbocycles. The number of nitrogens with zero attached hydrogens (tertiary/aromatic N) is 1. The summed E-state index contributed by atoms with van der Waals surface area (Å²) in [6.45, 7) is 12.2. The maximum atomic E-state index is 12.4. The zero-order valence-corrected chi connectivity index (χ0v) is 16.1. The molecule has 4 nitrogen and oxygen atoms in total. The van der Waals surface area contributed by atoms with Gasteiger partial charge in [-0.3, -0.25) is 4.79 Å². The number of likely N-dealkylation sites (tertiary alicyclic amines) is 1. The highest BCUT2D eigenvalue weighted by Gasteiger charge is 2.31. The second-order valence-corrected chi connectivity index (χ2v) is 7.79. The van der Waals surface area contributed by atoms with Crippen molar-refractivity contribution in [3.8, 4) is 0 Å². The van der Waals surface area contributed by atoms with Crippen molar-refractivity contribution in [2.24, 2.45) is 5.92 Å². The van der Waals surface area contributed by atoms with Gasteiger partial charge in [0.2, 0.25) is 0 Å². The van der Waals surface area contributed by atoms with E-state index in [1.54, 1.807) is 4.90 Å². The van der Waals surface area contributed by atoms with Crippen molar-refractivity contribution in [3.05, 3.63) is 21.5 Å². The molecule has 0 aliphatic carbocycles. The van der Waals surface area contributed by atoms with Crippen LogP contribution in [0.5, 0.6) is 0 Å². The molecule has 0 aromatic heterocycles. The first-order chi connectivity index (χ1) is 10.0. The number of Topliss-reactive ketones (excluding diaryl/α,β-unsaturated/α-hetero) is 1. The summed E-state index contributed by atoms with van der Waals surface area (Å²) in [6, 6.07) is 0. The largest absolute Gasteiger partial charge is 0.444 e. The van der Waals surface area contributed by atoms with Gasteiger partial charge in [0.05, 0.1) is 4.91 Å². The van der Waals surface area contributed by atoms with Crippen molar-refractivity contribution in [2.75, 3.05) is 13.1 Å². The number of amides is 1. The Hall–Kier alpha value is -0.750. The van der Waals surface area contributed by atoms with E-state index in [0.29, 0.717) is 35.3 Å². The van der Waals surface area contributed by atoms with E-state index in [2.05, 4.69) is 35.1 Å². The Morgan fingerprint density at radius 2 is 1.77 bits per heavy atom. The molecule has 1 amide bonds. The minimum absolute atomic E-state index is 0.00190. The number of thiol groups is 1. The molecule has 1 saturated heterocycles. The van der Waals surface area contributed by atoms with E-state index in [4.69, 9.17) is 4.74 Å². The van der Waals surface area contributed by atoms with Crippen LogP contribution in [0.2, 0.25) is 0 Å². The van der Waals surface area contributed by atoms with Crippen LogP contribution in [0.15, 0.2) is 21.5 Å². The molecular formula is C16H24BrNO3S. The van der Waals surface area contributed by atoms with Gasteiger partial charge in [-0.1, -0.05) is 6.58 Å². The van der Waals surface area contributed by atoms with Crippen LogP contribution in [-0.4, -0.2) is 35.5 Å². The smallest absolute Gasteiger partial charge is 0.410 e. The van der Waals surface area contributed by atoms with Gasteiger partial charge >= 0.3 is 6.09 Å². The van der Waals surface area contributed by atoms with Gasteiger partial charge in [-0.05, 0) is 62.0 Å². The van der Waals surface area contributed by atoms with E-state index in [0.717, 1.165) is 5.57 Å². The van der Waals surface area contributed by atoms with Crippen molar-refractivity contribution >= 4 is 40.4 Å². The fourth-order valence-corrected chi connectivity index (χ4v) is 2.72. The van der Waals surface area contributed by atoms with Crippen LogP contribution >= 0.6 is 28.6 Å². The van der Waals surface area contributed by atoms with Crippen molar-refractivity contribution < 1.29 is 14.3 Å². The molecular weight excluding hydrogens is 366 g/mol. The van der Waals surface area contributed by atoms with E-state index < -0.39 is 5.60 Å². The third-order valence-electron chi connectivity index (χ3n) is 3.33. The van der Waals surface area contributed by atoms with Crippen LogP contribution in [0.25, 0.3) is 0 Å². The molecule has 0 aromatic rings. The lowest BCUT2D eigenvalue weighted by Gasteiger charge is -2.33. The van der Waals surface area contributed by atoms with Gasteiger partial charge in [0.15, 0.2) is 5.78 Å². The summed E-state index contributed by atoms with van der Waals surface area (Å²) < 4.78 is 6.00. The number of piperidine rings is 1. The highest BCUT2D eigenvalue weighted by atomic mass is 79.9. The van der Waals surface area contributed by atoms with E-state index in [9.17, 15) is 9.59 Å². The van der Waals surface area contributed by atoms with Crippen molar-refractivity contribution in [1.82, 2.24) is 4.90 Å². The molecule has 0 radical (unpaired) electrons. The predicted octanol–water partition coefficient (Wildman–Crippen LogP) is 4.32. The van der Waals surface area contributed by atoms with Crippen LogP contribution in [-0.2, 0) is 9.53 Å². The second-order valence-electron chi connectivity index (χ2n) is 6.55. The summed E-state index contributed by atoms with van der Waals surface area (Å²) in [4.78, 5) is 26.5. The maximum Gasteiger partial charge on any atom is 0.410 e. The van der Waals surface area contributed by atoms with E-state index >= 15 is 0 Å². The topological polar surface area (TPSA) is 46.6 Å². The number of rotatable bonds is 3. The summed E-state index contributed by atoms with van der Waals surface area (Å²) in [5.74, 6) is -0.111. The van der Waals surface area contributed by atoms with Crippen LogP contribution in [0.3, 0.4) is 0 Å². The molecule has 0 atom stereocenters. The average molecular weight is 390 g/mol. The first-order valence-electron chi connectivity index (χ1n) is 7.29. The first-order valence-corrected chi connectivity index (χ1v) is 8.53. The van der Waals surface area contributed by atoms with Gasteiger partial charge in [-0.15, -0.1) is 12.6 Å². The molecule has 0 N–H and O–H groups in total. The zero-order valence-electron chi connectivity index (χ0n) is 13.6. The fraction of sp³-hybridized carbons (Fsp3) is 0.625. The molecule has 6 heteroatoms. The number of hydrogen-bond donors (Lipinski definition) is 1. The van der Waals surface area contributed by atoms with Crippen molar-refractivity contribution in [3.63, 3.8) is 0 Å². The summed E-state index contributed by atoms with van der Waals surface area (Å²) in [6.07, 6.45) is 0.931. The van der Waals surface area contributed by atoms with E-state index in [-0.39, 0.29) is 17.8 Å². The number of hydrogen-bond acceptors (Lipinski definition) is 4. The second kappa shape index (κ2) is 7.68. The minimum atomic E-state index is -0.503. The molecule has 1 rings (SSSR count). The number of ketones is 1. The molecule has 0 spiro atoms. The molecule has 0 bridgehead atoms. The molecule has 22 heavy (non-hydrogen) atoms. The summed E-state index contributed by atoms with van der Waals surface area (Å²) in [7, 11) is 0. The number of halogens is 1. The number of carbonyl (C=O) groups is 2. The van der Waals surface area contributed by atoms with E-state index in [1.807, 2.05) is 27.7 Å². The molecule has 0 unspecified atom stereocenters. The van der Waals surface area contributed by atoms with Crippen LogP contribution in [0.1, 0.15) is 40.5 Å². The Morgan fingerprint density at radius 3 is 2.18 bits per heavy atom. The third kappa shape index (κ3) is 5.47. The van der Waals surface area contributed by atoms with Gasteiger partial charge in [0.25, 0.3) is 0 Å². The monoisotopic (exact) mass is 389 g/mol. The highest BCUT2D eigenvalue weighted by molar-refractivity contribution is 9.12. The Balaban J connectivity index is 2.63.